The molecule has 0 amide bonds. The molecule has 1 nitrogen and oxygen atoms in total. The normalized spacial score (nSPS) is 11.0. The van der Waals surface area contributed by atoms with Crippen LogP contribution in [-0.4, -0.2) is 7.05 Å². The van der Waals surface area contributed by atoms with Crippen LogP contribution >= 0.6 is 0 Å². The fourth-order valence-corrected chi connectivity index (χ4v) is 5.92. The van der Waals surface area contributed by atoms with Crippen LogP contribution in [-0.2, 0) is 0 Å². The molecule has 0 aromatic heterocycles. The second-order valence-electron chi connectivity index (χ2n) is 10.6. The maximum atomic E-state index is 2.35. The molecule has 0 fully saturated rings. The van der Waals surface area contributed by atoms with Crippen molar-refractivity contribution in [2.45, 2.75) is 0 Å². The Labute approximate surface area is 248 Å². The van der Waals surface area contributed by atoms with E-state index >= 15 is 0 Å². The number of hydrogen-bond donors (Lipinski definition) is 0. The summed E-state index contributed by atoms with van der Waals surface area (Å²) in [5, 5.41) is 2.50. The molecule has 0 spiro atoms. The topological polar surface area (TPSA) is 3.24 Å². The molecular weight excluding hydrogens is 506 g/mol. The first-order chi connectivity index (χ1) is 20.8. The number of anilines is 2. The van der Waals surface area contributed by atoms with Crippen molar-refractivity contribution in [3.63, 3.8) is 0 Å². The van der Waals surface area contributed by atoms with Crippen molar-refractivity contribution in [2.75, 3.05) is 11.9 Å². The Morgan fingerprint density at radius 1 is 0.357 bits per heavy atom. The average Bonchev–Trinajstić information content (AvgIpc) is 3.08. The highest BCUT2D eigenvalue weighted by Gasteiger charge is 2.16. The number of fused-ring (bicyclic) bond motifs is 1. The van der Waals surface area contributed by atoms with Crippen LogP contribution in [0.4, 0.5) is 11.4 Å². The van der Waals surface area contributed by atoms with E-state index in [2.05, 4.69) is 182 Å². The quantitative estimate of drug-likeness (QED) is 0.204. The van der Waals surface area contributed by atoms with Gasteiger partial charge in [-0.2, -0.15) is 0 Å². The van der Waals surface area contributed by atoms with E-state index in [4.69, 9.17) is 0 Å². The smallest absolute Gasteiger partial charge is 0.0487 e. The predicted molar refractivity (Wildman–Crippen MR) is 180 cm³/mol. The maximum absolute atomic E-state index is 2.35. The summed E-state index contributed by atoms with van der Waals surface area (Å²) >= 11 is 0. The van der Waals surface area contributed by atoms with Crippen LogP contribution in [0, 0.1) is 0 Å². The van der Waals surface area contributed by atoms with Crippen LogP contribution in [0.1, 0.15) is 0 Å². The highest BCUT2D eigenvalue weighted by atomic mass is 15.1. The third-order valence-corrected chi connectivity index (χ3v) is 8.12. The minimum atomic E-state index is 1.14. The third-order valence-electron chi connectivity index (χ3n) is 8.12. The van der Waals surface area contributed by atoms with Gasteiger partial charge in [0.2, 0.25) is 0 Å². The van der Waals surface area contributed by atoms with Crippen LogP contribution in [0.15, 0.2) is 170 Å². The Hall–Kier alpha value is -5.40. The second kappa shape index (κ2) is 11.2. The first-order valence-electron chi connectivity index (χ1n) is 14.4. The zero-order valence-corrected chi connectivity index (χ0v) is 23.6. The zero-order chi connectivity index (χ0) is 28.3. The Kier molecular flexibility index (Phi) is 6.84. The number of para-hydroxylation sites is 1. The van der Waals surface area contributed by atoms with E-state index < -0.39 is 0 Å². The van der Waals surface area contributed by atoms with Crippen molar-refractivity contribution >= 4 is 22.1 Å². The molecule has 42 heavy (non-hydrogen) atoms. The van der Waals surface area contributed by atoms with E-state index in [1.54, 1.807) is 0 Å². The minimum Gasteiger partial charge on any atom is -0.344 e. The van der Waals surface area contributed by atoms with Gasteiger partial charge in [-0.05, 0) is 67.9 Å². The highest BCUT2D eigenvalue weighted by Crippen LogP contribution is 2.41. The van der Waals surface area contributed by atoms with Crippen molar-refractivity contribution in [1.29, 1.82) is 0 Å². The van der Waals surface area contributed by atoms with Gasteiger partial charge >= 0.3 is 0 Å². The summed E-state index contributed by atoms with van der Waals surface area (Å²) in [5.41, 5.74) is 12.1. The van der Waals surface area contributed by atoms with E-state index in [0.29, 0.717) is 0 Å². The predicted octanol–water partition coefficient (Wildman–Crippen LogP) is 11.3. The van der Waals surface area contributed by atoms with Crippen molar-refractivity contribution in [3.8, 4) is 44.5 Å². The Morgan fingerprint density at radius 2 is 0.905 bits per heavy atom. The van der Waals surface area contributed by atoms with Crippen molar-refractivity contribution in [1.82, 2.24) is 0 Å². The summed E-state index contributed by atoms with van der Waals surface area (Å²) in [7, 11) is 2.16. The van der Waals surface area contributed by atoms with Gasteiger partial charge in [0, 0.05) is 24.0 Å². The van der Waals surface area contributed by atoms with Gasteiger partial charge in [0.15, 0.2) is 0 Å². The van der Waals surface area contributed by atoms with Gasteiger partial charge in [-0.1, -0.05) is 152 Å². The number of benzene rings is 7. The lowest BCUT2D eigenvalue weighted by Gasteiger charge is -2.25. The highest BCUT2D eigenvalue weighted by molar-refractivity contribution is 6.01. The summed E-state index contributed by atoms with van der Waals surface area (Å²) in [6.07, 6.45) is 0. The maximum Gasteiger partial charge on any atom is 0.0487 e. The number of nitrogens with zero attached hydrogens (tertiary/aromatic N) is 1. The lowest BCUT2D eigenvalue weighted by Crippen LogP contribution is -2.11. The average molecular weight is 538 g/mol. The van der Waals surface area contributed by atoms with Crippen LogP contribution in [0.2, 0.25) is 0 Å². The van der Waals surface area contributed by atoms with Gasteiger partial charge in [-0.15, -0.1) is 0 Å². The largest absolute Gasteiger partial charge is 0.344 e. The van der Waals surface area contributed by atoms with Crippen LogP contribution in [0.5, 0.6) is 0 Å². The first kappa shape index (κ1) is 25.6. The molecule has 0 saturated heterocycles. The molecule has 200 valence electrons. The molecule has 1 heteroatoms. The first-order valence-corrected chi connectivity index (χ1v) is 14.4. The summed E-state index contributed by atoms with van der Waals surface area (Å²) < 4.78 is 0. The number of rotatable bonds is 6. The van der Waals surface area contributed by atoms with E-state index in [9.17, 15) is 0 Å². The number of hydrogen-bond acceptors (Lipinski definition) is 1. The van der Waals surface area contributed by atoms with E-state index in [0.717, 1.165) is 5.69 Å². The van der Waals surface area contributed by atoms with Gasteiger partial charge in [0.05, 0.1) is 0 Å². The summed E-state index contributed by atoms with van der Waals surface area (Å²) in [6.45, 7) is 0. The van der Waals surface area contributed by atoms with Gasteiger partial charge < -0.3 is 4.90 Å². The molecule has 7 aromatic rings. The van der Waals surface area contributed by atoms with Crippen molar-refractivity contribution < 1.29 is 0 Å². The zero-order valence-electron chi connectivity index (χ0n) is 23.6. The molecule has 0 aliphatic rings. The molecule has 0 bridgehead atoms. The molecule has 0 heterocycles. The molecule has 0 saturated carbocycles. The molecule has 7 rings (SSSR count). The summed E-state index contributed by atoms with van der Waals surface area (Å²) in [4.78, 5) is 2.30. The van der Waals surface area contributed by atoms with Crippen molar-refractivity contribution in [2.24, 2.45) is 0 Å². The molecule has 0 radical (unpaired) electrons. The van der Waals surface area contributed by atoms with Crippen LogP contribution < -0.4 is 4.90 Å². The van der Waals surface area contributed by atoms with E-state index in [1.165, 1.54) is 61.0 Å². The molecular formula is C41H31N. The standard InChI is InChI=1S/C41H31N/c1-42(41-22-11-10-20-38(41)33-15-6-3-7-16-33)35-27-28-37(34-25-23-31(24-26-34)30-13-4-2-5-14-30)40(29-35)39-21-12-18-32-17-8-9-19-36(32)39/h2-29H,1H3. The van der Waals surface area contributed by atoms with Crippen LogP contribution in [0.3, 0.4) is 0 Å². The second-order valence-corrected chi connectivity index (χ2v) is 10.6. The molecule has 0 unspecified atom stereocenters. The monoisotopic (exact) mass is 537 g/mol. The lowest BCUT2D eigenvalue weighted by molar-refractivity contribution is 1.21. The van der Waals surface area contributed by atoms with Gasteiger partial charge in [-0.25, -0.2) is 0 Å². The Bertz CT molecular complexity index is 1970. The summed E-state index contributed by atoms with van der Waals surface area (Å²) in [6, 6.07) is 60.9. The molecule has 0 aliphatic heterocycles. The summed E-state index contributed by atoms with van der Waals surface area (Å²) in [5.74, 6) is 0. The fraction of sp³-hybridized carbons (Fsp3) is 0.0244. The molecule has 0 atom stereocenters. The molecule has 0 aliphatic carbocycles. The lowest BCUT2D eigenvalue weighted by atomic mass is 9.90. The van der Waals surface area contributed by atoms with Gasteiger partial charge in [0.1, 0.15) is 0 Å². The Balaban J connectivity index is 1.38. The SMILES string of the molecule is CN(c1ccc(-c2ccc(-c3ccccc3)cc2)c(-c2cccc3ccccc23)c1)c1ccccc1-c1ccccc1. The third kappa shape index (κ3) is 4.87. The van der Waals surface area contributed by atoms with Gasteiger partial charge in [-0.3, -0.25) is 0 Å². The van der Waals surface area contributed by atoms with E-state index in [-0.39, 0.29) is 0 Å². The van der Waals surface area contributed by atoms with Crippen molar-refractivity contribution in [3.05, 3.63) is 170 Å². The Morgan fingerprint density at radius 3 is 1.69 bits per heavy atom. The molecule has 7 aromatic carbocycles. The van der Waals surface area contributed by atoms with E-state index in [1.807, 2.05) is 0 Å². The van der Waals surface area contributed by atoms with Gasteiger partial charge in [0.25, 0.3) is 0 Å². The molecule has 0 N–H and O–H groups in total. The fourth-order valence-electron chi connectivity index (χ4n) is 5.92. The van der Waals surface area contributed by atoms with Crippen LogP contribution in [0.25, 0.3) is 55.3 Å². The minimum absolute atomic E-state index is 1.14.